The number of methoxy groups -OCH3 is 2. The Kier molecular flexibility index (Phi) is 9.23. The molecule has 0 saturated carbocycles. The molecule has 10 heteroatoms. The van der Waals surface area contributed by atoms with Crippen molar-refractivity contribution in [2.45, 2.75) is 38.1 Å². The zero-order valence-corrected chi connectivity index (χ0v) is 22.8. The number of nitrogens with one attached hydrogen (secondary N) is 1. The number of carbonyl (C=O) groups is 2. The lowest BCUT2D eigenvalue weighted by Gasteiger charge is -2.28. The molecule has 1 atom stereocenters. The molecular formula is C27H33ClN4O4S. The Balaban J connectivity index is 1.50. The Bertz CT molecular complexity index is 1120. The zero-order chi connectivity index (χ0) is 26.4. The van der Waals surface area contributed by atoms with Crippen molar-refractivity contribution in [1.82, 2.24) is 9.80 Å². The molecular weight excluding hydrogens is 512 g/mol. The van der Waals surface area contributed by atoms with Gasteiger partial charge in [-0.2, -0.15) is 0 Å². The normalized spacial score (nSPS) is 18.3. The first-order chi connectivity index (χ1) is 17.9. The number of benzene rings is 2. The van der Waals surface area contributed by atoms with E-state index in [0.717, 1.165) is 26.1 Å². The number of amides is 2. The number of piperidine rings is 1. The monoisotopic (exact) mass is 544 g/mol. The second-order valence-electron chi connectivity index (χ2n) is 9.22. The first-order valence-corrected chi connectivity index (χ1v) is 13.3. The van der Waals surface area contributed by atoms with Gasteiger partial charge in [-0.3, -0.25) is 14.5 Å². The lowest BCUT2D eigenvalue weighted by atomic mass is 10.1. The van der Waals surface area contributed by atoms with Crippen LogP contribution in [0, 0.1) is 0 Å². The number of likely N-dealkylation sites (tertiary alicyclic amines) is 1. The molecule has 1 N–H and O–H groups in total. The smallest absolute Gasteiger partial charge is 0.256 e. The molecule has 1 unspecified atom stereocenters. The van der Waals surface area contributed by atoms with Crippen molar-refractivity contribution in [2.24, 2.45) is 0 Å². The fourth-order valence-electron chi connectivity index (χ4n) is 4.83. The Morgan fingerprint density at radius 1 is 1.05 bits per heavy atom. The lowest BCUT2D eigenvalue weighted by molar-refractivity contribution is -0.124. The van der Waals surface area contributed by atoms with Gasteiger partial charge in [0.2, 0.25) is 5.91 Å². The summed E-state index contributed by atoms with van der Waals surface area (Å²) in [6.07, 6.45) is 4.56. The fraction of sp³-hybridized carbons (Fsp3) is 0.444. The van der Waals surface area contributed by atoms with Gasteiger partial charge >= 0.3 is 0 Å². The molecule has 0 spiro atoms. The van der Waals surface area contributed by atoms with E-state index in [1.165, 1.54) is 31.3 Å². The largest absolute Gasteiger partial charge is 0.497 e. The quantitative estimate of drug-likeness (QED) is 0.439. The number of hydrogen-bond acceptors (Lipinski definition) is 6. The standard InChI is InChI=1S/C27H33ClN4O4S/c1-35-21-10-7-19(8-11-21)29-25(33)18-23-26(34)32(20-9-12-24(36-2)22(28)17-20)27(37)31(23)16-6-15-30-13-4-3-5-14-30/h7-12,17,23H,3-6,13-16,18H2,1-2H3,(H,29,33). The Labute approximate surface area is 228 Å². The van der Waals surface area contributed by atoms with E-state index < -0.39 is 6.04 Å². The van der Waals surface area contributed by atoms with Crippen LogP contribution in [0.15, 0.2) is 42.5 Å². The average molecular weight is 545 g/mol. The molecule has 2 heterocycles. The highest BCUT2D eigenvalue weighted by Crippen LogP contribution is 2.33. The summed E-state index contributed by atoms with van der Waals surface area (Å²) >= 11 is 12.1. The van der Waals surface area contributed by atoms with E-state index in [2.05, 4.69) is 10.2 Å². The third-order valence-corrected chi connectivity index (χ3v) is 7.50. The number of rotatable bonds is 10. The molecule has 0 aromatic heterocycles. The summed E-state index contributed by atoms with van der Waals surface area (Å²) in [5.74, 6) is 0.704. The zero-order valence-electron chi connectivity index (χ0n) is 21.2. The molecule has 4 rings (SSSR count). The van der Waals surface area contributed by atoms with Crippen LogP contribution in [0.2, 0.25) is 5.02 Å². The van der Waals surface area contributed by atoms with E-state index in [1.54, 1.807) is 49.6 Å². The van der Waals surface area contributed by atoms with Crippen molar-refractivity contribution < 1.29 is 19.1 Å². The first-order valence-electron chi connectivity index (χ1n) is 12.6. The van der Waals surface area contributed by atoms with Crippen molar-refractivity contribution >= 4 is 52.1 Å². The van der Waals surface area contributed by atoms with Crippen molar-refractivity contribution in [3.05, 3.63) is 47.5 Å². The van der Waals surface area contributed by atoms with Crippen molar-refractivity contribution in [3.8, 4) is 11.5 Å². The Morgan fingerprint density at radius 3 is 2.43 bits per heavy atom. The van der Waals surface area contributed by atoms with Gasteiger partial charge < -0.3 is 24.6 Å². The molecule has 0 bridgehead atoms. The van der Waals surface area contributed by atoms with Gasteiger partial charge in [-0.15, -0.1) is 0 Å². The third kappa shape index (κ3) is 6.52. The van der Waals surface area contributed by atoms with Gasteiger partial charge in [-0.1, -0.05) is 18.0 Å². The molecule has 2 aromatic rings. The second kappa shape index (κ2) is 12.6. The molecule has 2 fully saturated rings. The number of nitrogens with zero attached hydrogens (tertiary/aromatic N) is 3. The minimum atomic E-state index is -0.701. The van der Waals surface area contributed by atoms with E-state index in [4.69, 9.17) is 33.3 Å². The first kappa shape index (κ1) is 27.2. The van der Waals surface area contributed by atoms with Crippen LogP contribution in [0.5, 0.6) is 11.5 Å². The molecule has 2 aromatic carbocycles. The van der Waals surface area contributed by atoms with E-state index in [9.17, 15) is 9.59 Å². The van der Waals surface area contributed by atoms with E-state index in [-0.39, 0.29) is 18.2 Å². The topological polar surface area (TPSA) is 74.3 Å². The van der Waals surface area contributed by atoms with E-state index >= 15 is 0 Å². The van der Waals surface area contributed by atoms with Crippen LogP contribution >= 0.6 is 23.8 Å². The predicted octanol–water partition coefficient (Wildman–Crippen LogP) is 4.56. The Hall–Kier alpha value is -2.88. The molecule has 2 aliphatic heterocycles. The van der Waals surface area contributed by atoms with Gasteiger partial charge in [0.25, 0.3) is 5.91 Å². The molecule has 8 nitrogen and oxygen atoms in total. The predicted molar refractivity (Wildman–Crippen MR) is 150 cm³/mol. The van der Waals surface area contributed by atoms with Crippen LogP contribution in [0.3, 0.4) is 0 Å². The summed E-state index contributed by atoms with van der Waals surface area (Å²) in [7, 11) is 3.12. The SMILES string of the molecule is COc1ccc(NC(=O)CC2C(=O)N(c3ccc(OC)c(Cl)c3)C(=S)N2CCCN2CCCCC2)cc1. The number of thiocarbonyl (C=S) groups is 1. The van der Waals surface area contributed by atoms with Gasteiger partial charge in [-0.05, 0) is 93.6 Å². The molecule has 37 heavy (non-hydrogen) atoms. The molecule has 2 saturated heterocycles. The number of hydrogen-bond donors (Lipinski definition) is 1. The Morgan fingerprint density at radius 2 is 1.78 bits per heavy atom. The average Bonchev–Trinajstić information content (AvgIpc) is 3.13. The highest BCUT2D eigenvalue weighted by Gasteiger charge is 2.44. The number of carbonyl (C=O) groups excluding carboxylic acids is 2. The maximum Gasteiger partial charge on any atom is 0.256 e. The van der Waals surface area contributed by atoms with E-state index in [0.29, 0.717) is 39.6 Å². The summed E-state index contributed by atoms with van der Waals surface area (Å²) in [4.78, 5) is 32.5. The van der Waals surface area contributed by atoms with Gasteiger partial charge in [0.15, 0.2) is 5.11 Å². The maximum absolute atomic E-state index is 13.6. The second-order valence-corrected chi connectivity index (χ2v) is 9.99. The fourth-order valence-corrected chi connectivity index (χ4v) is 5.49. The lowest BCUT2D eigenvalue weighted by Crippen LogP contribution is -2.40. The summed E-state index contributed by atoms with van der Waals surface area (Å²) < 4.78 is 10.4. The van der Waals surface area contributed by atoms with Gasteiger partial charge in [0.1, 0.15) is 17.5 Å². The molecule has 0 aliphatic carbocycles. The molecule has 0 radical (unpaired) electrons. The molecule has 2 aliphatic rings. The van der Waals surface area contributed by atoms with Crippen LogP contribution < -0.4 is 19.7 Å². The van der Waals surface area contributed by atoms with Gasteiger partial charge in [0.05, 0.1) is 31.4 Å². The summed E-state index contributed by atoms with van der Waals surface area (Å²) in [6.45, 7) is 3.73. The van der Waals surface area contributed by atoms with E-state index in [1.807, 2.05) is 4.90 Å². The van der Waals surface area contributed by atoms with Gasteiger partial charge in [0, 0.05) is 12.2 Å². The van der Waals surface area contributed by atoms with Crippen molar-refractivity contribution in [1.29, 1.82) is 0 Å². The van der Waals surface area contributed by atoms with Crippen molar-refractivity contribution in [3.63, 3.8) is 0 Å². The van der Waals surface area contributed by atoms with Gasteiger partial charge in [-0.25, -0.2) is 0 Å². The summed E-state index contributed by atoms with van der Waals surface area (Å²) in [6, 6.07) is 11.5. The summed E-state index contributed by atoms with van der Waals surface area (Å²) in [5.41, 5.74) is 1.19. The summed E-state index contributed by atoms with van der Waals surface area (Å²) in [5, 5.41) is 3.65. The minimum Gasteiger partial charge on any atom is -0.497 e. The number of halogens is 1. The maximum atomic E-state index is 13.6. The third-order valence-electron chi connectivity index (χ3n) is 6.79. The highest BCUT2D eigenvalue weighted by atomic mass is 35.5. The van der Waals surface area contributed by atoms with Crippen LogP contribution in [0.1, 0.15) is 32.1 Å². The van der Waals surface area contributed by atoms with Crippen LogP contribution in [-0.2, 0) is 9.59 Å². The highest BCUT2D eigenvalue weighted by molar-refractivity contribution is 7.80. The number of anilines is 2. The molecule has 198 valence electrons. The number of ether oxygens (including phenoxy) is 2. The van der Waals surface area contributed by atoms with Crippen molar-refractivity contribution in [2.75, 3.05) is 50.6 Å². The molecule has 2 amide bonds. The van der Waals surface area contributed by atoms with Crippen LogP contribution in [-0.4, -0.2) is 73.2 Å². The van der Waals surface area contributed by atoms with Crippen LogP contribution in [0.4, 0.5) is 11.4 Å². The minimum absolute atomic E-state index is 0.0187. The van der Waals surface area contributed by atoms with Crippen LogP contribution in [0.25, 0.3) is 0 Å².